The van der Waals surface area contributed by atoms with Crippen LogP contribution in [0.5, 0.6) is 0 Å². The monoisotopic (exact) mass is 169 g/mol. The van der Waals surface area contributed by atoms with Crippen molar-refractivity contribution < 1.29 is 8.42 Å². The van der Waals surface area contributed by atoms with Crippen LogP contribution in [0, 0.1) is 0 Å². The van der Waals surface area contributed by atoms with E-state index in [1.807, 2.05) is 0 Å². The SMILES string of the molecule is C=C(CCCl)S(N)(=O)=O. The molecule has 9 heavy (non-hydrogen) atoms. The topological polar surface area (TPSA) is 60.2 Å². The summed E-state index contributed by atoms with van der Waals surface area (Å²) >= 11 is 5.22. The molecule has 2 N–H and O–H groups in total. The van der Waals surface area contributed by atoms with E-state index in [2.05, 4.69) is 11.7 Å². The molecule has 0 aromatic heterocycles. The van der Waals surface area contributed by atoms with Gasteiger partial charge in [0.1, 0.15) is 0 Å². The number of hydrogen-bond donors (Lipinski definition) is 1. The van der Waals surface area contributed by atoms with E-state index in [1.54, 1.807) is 0 Å². The van der Waals surface area contributed by atoms with Gasteiger partial charge in [0.15, 0.2) is 0 Å². The largest absolute Gasteiger partial charge is 0.233 e. The second-order valence-electron chi connectivity index (χ2n) is 1.52. The molecule has 0 fully saturated rings. The fourth-order valence-corrected chi connectivity index (χ4v) is 0.974. The molecule has 54 valence electrons. The summed E-state index contributed by atoms with van der Waals surface area (Å²) in [5.41, 5.74) is 0. The predicted octanol–water partition coefficient (Wildman–Crippen LogP) is 0.418. The standard InChI is InChI=1S/C4H8ClNO2S/c1-4(2-3-5)9(6,7)8/h1-3H2,(H2,6,7,8). The molecule has 0 radical (unpaired) electrons. The highest BCUT2D eigenvalue weighted by Gasteiger charge is 2.06. The first-order valence-corrected chi connectivity index (χ1v) is 4.33. The normalized spacial score (nSPS) is 11.3. The molecule has 0 bridgehead atoms. The highest BCUT2D eigenvalue weighted by Crippen LogP contribution is 2.03. The van der Waals surface area contributed by atoms with E-state index in [-0.39, 0.29) is 17.2 Å². The van der Waals surface area contributed by atoms with E-state index in [4.69, 9.17) is 11.6 Å². The quantitative estimate of drug-likeness (QED) is 0.623. The van der Waals surface area contributed by atoms with E-state index in [0.717, 1.165) is 0 Å². The summed E-state index contributed by atoms with van der Waals surface area (Å²) in [6.45, 7) is 3.22. The third kappa shape index (κ3) is 3.51. The van der Waals surface area contributed by atoms with Crippen LogP contribution in [0.2, 0.25) is 0 Å². The minimum Gasteiger partial charge on any atom is -0.225 e. The number of primary sulfonamides is 1. The summed E-state index contributed by atoms with van der Waals surface area (Å²) < 4.78 is 20.7. The zero-order valence-electron chi connectivity index (χ0n) is 4.80. The van der Waals surface area contributed by atoms with Crippen LogP contribution in [0.15, 0.2) is 11.5 Å². The smallest absolute Gasteiger partial charge is 0.225 e. The van der Waals surface area contributed by atoms with Crippen molar-refractivity contribution in [2.45, 2.75) is 6.42 Å². The lowest BCUT2D eigenvalue weighted by Crippen LogP contribution is -2.13. The van der Waals surface area contributed by atoms with E-state index < -0.39 is 10.0 Å². The molecule has 0 aromatic rings. The zero-order chi connectivity index (χ0) is 7.49. The van der Waals surface area contributed by atoms with Crippen molar-refractivity contribution in [1.82, 2.24) is 0 Å². The Bertz CT molecular complexity index is 197. The van der Waals surface area contributed by atoms with Crippen LogP contribution in [-0.4, -0.2) is 14.3 Å². The van der Waals surface area contributed by atoms with E-state index in [1.165, 1.54) is 0 Å². The van der Waals surface area contributed by atoms with Crippen LogP contribution in [-0.2, 0) is 10.0 Å². The maximum absolute atomic E-state index is 10.3. The Morgan fingerprint density at radius 2 is 2.11 bits per heavy atom. The Morgan fingerprint density at radius 3 is 2.22 bits per heavy atom. The number of nitrogens with two attached hydrogens (primary N) is 1. The molecular formula is C4H8ClNO2S. The Hall–Kier alpha value is -0.0600. The van der Waals surface area contributed by atoms with Crippen molar-refractivity contribution >= 4 is 21.6 Å². The molecule has 0 saturated heterocycles. The summed E-state index contributed by atoms with van der Waals surface area (Å²) in [6, 6.07) is 0. The summed E-state index contributed by atoms with van der Waals surface area (Å²) in [5.74, 6) is 0.231. The molecule has 0 unspecified atom stereocenters. The van der Waals surface area contributed by atoms with Gasteiger partial charge in [0, 0.05) is 5.88 Å². The van der Waals surface area contributed by atoms with Gasteiger partial charge in [-0.3, -0.25) is 0 Å². The Kier molecular flexibility index (Phi) is 3.17. The van der Waals surface area contributed by atoms with Crippen LogP contribution in [0.4, 0.5) is 0 Å². The van der Waals surface area contributed by atoms with Crippen molar-refractivity contribution in [3.63, 3.8) is 0 Å². The molecule has 0 aromatic carbocycles. The third-order valence-electron chi connectivity index (χ3n) is 0.776. The van der Waals surface area contributed by atoms with Gasteiger partial charge in [-0.05, 0) is 6.42 Å². The van der Waals surface area contributed by atoms with Crippen molar-refractivity contribution in [3.05, 3.63) is 11.5 Å². The number of rotatable bonds is 3. The molecule has 5 heteroatoms. The third-order valence-corrected chi connectivity index (χ3v) is 1.97. The minimum absolute atomic E-state index is 0.0162. The maximum Gasteiger partial charge on any atom is 0.233 e. The van der Waals surface area contributed by atoms with Crippen LogP contribution in [0.3, 0.4) is 0 Å². The van der Waals surface area contributed by atoms with Gasteiger partial charge < -0.3 is 0 Å². The second-order valence-corrected chi connectivity index (χ2v) is 3.57. The van der Waals surface area contributed by atoms with E-state index in [9.17, 15) is 8.42 Å². The van der Waals surface area contributed by atoms with Crippen LogP contribution in [0.1, 0.15) is 6.42 Å². The predicted molar refractivity (Wildman–Crippen MR) is 37.6 cm³/mol. The first-order valence-electron chi connectivity index (χ1n) is 2.25. The van der Waals surface area contributed by atoms with Crippen molar-refractivity contribution in [2.24, 2.45) is 5.14 Å². The van der Waals surface area contributed by atoms with Gasteiger partial charge in [-0.25, -0.2) is 13.6 Å². The zero-order valence-corrected chi connectivity index (χ0v) is 6.37. The Morgan fingerprint density at radius 1 is 1.67 bits per heavy atom. The molecule has 0 atom stereocenters. The molecule has 0 spiro atoms. The van der Waals surface area contributed by atoms with Crippen LogP contribution >= 0.6 is 11.6 Å². The first-order chi connectivity index (χ1) is 3.98. The lowest BCUT2D eigenvalue weighted by molar-refractivity contribution is 0.602. The first kappa shape index (κ1) is 8.94. The van der Waals surface area contributed by atoms with Crippen molar-refractivity contribution in [2.75, 3.05) is 5.88 Å². The molecule has 0 amide bonds. The summed E-state index contributed by atoms with van der Waals surface area (Å²) in [5, 5.41) is 4.68. The van der Waals surface area contributed by atoms with Gasteiger partial charge in [-0.2, -0.15) is 0 Å². The Labute approximate surface area is 59.5 Å². The fraction of sp³-hybridized carbons (Fsp3) is 0.500. The number of alkyl halides is 1. The highest BCUT2D eigenvalue weighted by atomic mass is 35.5. The van der Waals surface area contributed by atoms with Crippen LogP contribution in [0.25, 0.3) is 0 Å². The number of hydrogen-bond acceptors (Lipinski definition) is 2. The van der Waals surface area contributed by atoms with Gasteiger partial charge in [0.25, 0.3) is 0 Å². The molecule has 0 rings (SSSR count). The molecule has 0 aliphatic carbocycles. The van der Waals surface area contributed by atoms with Crippen molar-refractivity contribution in [3.8, 4) is 0 Å². The second kappa shape index (κ2) is 3.20. The summed E-state index contributed by atoms with van der Waals surface area (Å²) in [7, 11) is -3.54. The number of allylic oxidation sites excluding steroid dienone is 1. The summed E-state index contributed by atoms with van der Waals surface area (Å²) in [4.78, 5) is -0.0162. The average molecular weight is 170 g/mol. The lowest BCUT2D eigenvalue weighted by atomic mass is 10.5. The minimum atomic E-state index is -3.54. The van der Waals surface area contributed by atoms with E-state index >= 15 is 0 Å². The molecule has 3 nitrogen and oxygen atoms in total. The van der Waals surface area contributed by atoms with Crippen molar-refractivity contribution in [1.29, 1.82) is 0 Å². The van der Waals surface area contributed by atoms with E-state index in [0.29, 0.717) is 0 Å². The van der Waals surface area contributed by atoms with Crippen LogP contribution < -0.4 is 5.14 Å². The Balaban J connectivity index is 4.08. The van der Waals surface area contributed by atoms with Gasteiger partial charge in [0.05, 0.1) is 4.91 Å². The lowest BCUT2D eigenvalue weighted by Gasteiger charge is -1.96. The maximum atomic E-state index is 10.3. The summed E-state index contributed by atoms with van der Waals surface area (Å²) in [6.07, 6.45) is 0.223. The number of sulfonamides is 1. The highest BCUT2D eigenvalue weighted by molar-refractivity contribution is 7.93. The number of halogens is 1. The molecular weight excluding hydrogens is 162 g/mol. The van der Waals surface area contributed by atoms with Gasteiger partial charge in [-0.1, -0.05) is 6.58 Å². The molecule has 0 aliphatic rings. The van der Waals surface area contributed by atoms with Gasteiger partial charge in [-0.15, -0.1) is 11.6 Å². The van der Waals surface area contributed by atoms with Gasteiger partial charge in [0.2, 0.25) is 10.0 Å². The molecule has 0 saturated carbocycles. The molecule has 0 heterocycles. The molecule has 0 aliphatic heterocycles. The fourth-order valence-electron chi connectivity index (χ4n) is 0.248. The average Bonchev–Trinajstić information content (AvgIpc) is 1.64. The van der Waals surface area contributed by atoms with Gasteiger partial charge >= 0.3 is 0 Å².